The molecule has 0 spiro atoms. The summed E-state index contributed by atoms with van der Waals surface area (Å²) in [6.07, 6.45) is 1.20. The normalized spacial score (nSPS) is 12.1. The Morgan fingerprint density at radius 1 is 1.09 bits per heavy atom. The molecular weight excluding hydrogens is 534 g/mol. The molecule has 0 saturated carbocycles. The molecule has 4 aromatic rings. The standard InChI is InChI=1S/C24H19Cl2FN2O4S2/c1-24(2,35(3,31)32)14-4-7-19-13(8-14)9-20(34-19)23(30)28-15-10-21(26)29-22(11-15)33-16-5-6-18(27)17(25)12-16/h4-12H,1-3H3,(H,28,29,30). The van der Waals surface area contributed by atoms with Gasteiger partial charge in [0.25, 0.3) is 5.91 Å². The van der Waals surface area contributed by atoms with E-state index >= 15 is 0 Å². The van der Waals surface area contributed by atoms with E-state index in [1.54, 1.807) is 32.0 Å². The minimum absolute atomic E-state index is 0.0787. The Kier molecular flexibility index (Phi) is 6.80. The molecule has 11 heteroatoms. The summed E-state index contributed by atoms with van der Waals surface area (Å²) in [6.45, 7) is 3.30. The number of sulfone groups is 1. The van der Waals surface area contributed by atoms with Crippen LogP contribution in [0.1, 0.15) is 29.1 Å². The Bertz CT molecular complexity index is 1570. The molecular formula is C24H19Cl2FN2O4S2. The molecule has 2 aromatic heterocycles. The lowest BCUT2D eigenvalue weighted by molar-refractivity contribution is 0.103. The monoisotopic (exact) mass is 552 g/mol. The average Bonchev–Trinajstić information content (AvgIpc) is 3.19. The van der Waals surface area contributed by atoms with Crippen LogP contribution < -0.4 is 10.1 Å². The first kappa shape index (κ1) is 25.4. The fourth-order valence-corrected chi connectivity index (χ4v) is 5.06. The van der Waals surface area contributed by atoms with Crippen LogP contribution in [0.2, 0.25) is 10.2 Å². The van der Waals surface area contributed by atoms with Crippen LogP contribution >= 0.6 is 34.5 Å². The summed E-state index contributed by atoms with van der Waals surface area (Å²) >= 11 is 13.1. The second-order valence-corrected chi connectivity index (χ2v) is 12.7. The molecule has 35 heavy (non-hydrogen) atoms. The van der Waals surface area contributed by atoms with Crippen molar-refractivity contribution in [3.8, 4) is 11.6 Å². The van der Waals surface area contributed by atoms with Gasteiger partial charge in [0, 0.05) is 28.8 Å². The minimum Gasteiger partial charge on any atom is -0.439 e. The van der Waals surface area contributed by atoms with Crippen LogP contribution in [0.3, 0.4) is 0 Å². The number of ether oxygens (including phenoxy) is 1. The van der Waals surface area contributed by atoms with Crippen molar-refractivity contribution in [2.45, 2.75) is 18.6 Å². The van der Waals surface area contributed by atoms with Gasteiger partial charge >= 0.3 is 0 Å². The molecule has 0 aliphatic heterocycles. The molecule has 1 amide bonds. The number of hydrogen-bond acceptors (Lipinski definition) is 6. The number of fused-ring (bicyclic) bond motifs is 1. The summed E-state index contributed by atoms with van der Waals surface area (Å²) in [5.41, 5.74) is 0.982. The third-order valence-electron chi connectivity index (χ3n) is 5.50. The molecule has 4 rings (SSSR count). The van der Waals surface area contributed by atoms with Crippen molar-refractivity contribution in [2.75, 3.05) is 11.6 Å². The second-order valence-electron chi connectivity index (χ2n) is 8.29. The molecule has 0 aliphatic rings. The molecule has 1 N–H and O–H groups in total. The van der Waals surface area contributed by atoms with E-state index in [-0.39, 0.29) is 27.7 Å². The molecule has 6 nitrogen and oxygen atoms in total. The van der Waals surface area contributed by atoms with Gasteiger partial charge in [0.2, 0.25) is 5.88 Å². The van der Waals surface area contributed by atoms with E-state index in [2.05, 4.69) is 10.3 Å². The third kappa shape index (κ3) is 5.43. The number of aromatic nitrogens is 1. The van der Waals surface area contributed by atoms with E-state index in [4.69, 9.17) is 27.9 Å². The lowest BCUT2D eigenvalue weighted by Gasteiger charge is -2.23. The number of pyridine rings is 1. The van der Waals surface area contributed by atoms with Crippen molar-refractivity contribution in [3.05, 3.63) is 81.0 Å². The highest BCUT2D eigenvalue weighted by Crippen LogP contribution is 2.34. The Hall–Kier alpha value is -2.72. The zero-order valence-corrected chi connectivity index (χ0v) is 21.9. The number of rotatable bonds is 6. The highest BCUT2D eigenvalue weighted by atomic mass is 35.5. The number of nitrogens with one attached hydrogen (secondary N) is 1. The number of halogens is 3. The van der Waals surface area contributed by atoms with E-state index in [9.17, 15) is 17.6 Å². The van der Waals surface area contributed by atoms with E-state index < -0.39 is 20.4 Å². The molecule has 0 bridgehead atoms. The van der Waals surface area contributed by atoms with Gasteiger partial charge < -0.3 is 10.1 Å². The number of carbonyl (C=O) groups is 1. The van der Waals surface area contributed by atoms with Crippen LogP contribution in [0.4, 0.5) is 10.1 Å². The van der Waals surface area contributed by atoms with Crippen LogP contribution in [0.15, 0.2) is 54.6 Å². The molecule has 0 radical (unpaired) electrons. The lowest BCUT2D eigenvalue weighted by Crippen LogP contribution is -2.27. The van der Waals surface area contributed by atoms with Gasteiger partial charge in [-0.2, -0.15) is 0 Å². The SMILES string of the molecule is CC(C)(c1ccc2sc(C(=O)Nc3cc(Cl)nc(Oc4ccc(F)c(Cl)c4)c3)cc2c1)S(C)(=O)=O. The smallest absolute Gasteiger partial charge is 0.265 e. The molecule has 0 aliphatic carbocycles. The fourth-order valence-electron chi connectivity index (χ4n) is 3.19. The quantitative estimate of drug-likeness (QED) is 0.258. The van der Waals surface area contributed by atoms with Crippen LogP contribution in [-0.4, -0.2) is 25.6 Å². The van der Waals surface area contributed by atoms with Gasteiger partial charge in [-0.3, -0.25) is 4.79 Å². The zero-order chi connectivity index (χ0) is 25.5. The molecule has 0 saturated heterocycles. The van der Waals surface area contributed by atoms with Crippen molar-refractivity contribution in [1.29, 1.82) is 0 Å². The summed E-state index contributed by atoms with van der Waals surface area (Å²) in [7, 11) is -3.34. The predicted octanol–water partition coefficient (Wildman–Crippen LogP) is 7.07. The topological polar surface area (TPSA) is 85.4 Å². The van der Waals surface area contributed by atoms with Crippen molar-refractivity contribution < 1.29 is 22.3 Å². The highest BCUT2D eigenvalue weighted by molar-refractivity contribution is 7.91. The number of thiophene rings is 1. The van der Waals surface area contributed by atoms with Gasteiger partial charge in [-0.1, -0.05) is 29.3 Å². The minimum atomic E-state index is -3.34. The average molecular weight is 553 g/mol. The second kappa shape index (κ2) is 9.39. The van der Waals surface area contributed by atoms with Gasteiger partial charge in [0.15, 0.2) is 9.84 Å². The Morgan fingerprint density at radius 2 is 1.83 bits per heavy atom. The Labute approximate surface area is 215 Å². The number of carbonyl (C=O) groups excluding carboxylic acids is 1. The maximum Gasteiger partial charge on any atom is 0.265 e. The van der Waals surface area contributed by atoms with E-state index in [1.807, 2.05) is 6.07 Å². The number of hydrogen-bond donors (Lipinski definition) is 1. The lowest BCUT2D eigenvalue weighted by atomic mass is 10.0. The largest absolute Gasteiger partial charge is 0.439 e. The first-order chi connectivity index (χ1) is 16.3. The summed E-state index contributed by atoms with van der Waals surface area (Å²) in [6, 6.07) is 13.8. The van der Waals surface area contributed by atoms with Crippen LogP contribution in [-0.2, 0) is 14.6 Å². The third-order valence-corrected chi connectivity index (χ3v) is 9.19. The van der Waals surface area contributed by atoms with Crippen LogP contribution in [0.25, 0.3) is 10.1 Å². The van der Waals surface area contributed by atoms with E-state index in [0.717, 1.165) is 16.2 Å². The molecule has 0 atom stereocenters. The van der Waals surface area contributed by atoms with Gasteiger partial charge in [-0.15, -0.1) is 11.3 Å². The summed E-state index contributed by atoms with van der Waals surface area (Å²) in [5, 5.41) is 3.50. The molecule has 182 valence electrons. The highest BCUT2D eigenvalue weighted by Gasteiger charge is 2.32. The van der Waals surface area contributed by atoms with Crippen molar-refractivity contribution in [2.24, 2.45) is 0 Å². The van der Waals surface area contributed by atoms with Gasteiger partial charge in [0.1, 0.15) is 16.7 Å². The fraction of sp³-hybridized carbons (Fsp3) is 0.167. The van der Waals surface area contributed by atoms with Gasteiger partial charge in [0.05, 0.1) is 14.6 Å². The first-order valence-electron chi connectivity index (χ1n) is 10.2. The predicted molar refractivity (Wildman–Crippen MR) is 138 cm³/mol. The number of anilines is 1. The number of nitrogens with zero attached hydrogens (tertiary/aromatic N) is 1. The van der Waals surface area contributed by atoms with Gasteiger partial charge in [-0.25, -0.2) is 17.8 Å². The summed E-state index contributed by atoms with van der Waals surface area (Å²) < 4.78 is 43.2. The van der Waals surface area contributed by atoms with E-state index in [0.29, 0.717) is 16.1 Å². The summed E-state index contributed by atoms with van der Waals surface area (Å²) in [4.78, 5) is 17.4. The van der Waals surface area contributed by atoms with Crippen molar-refractivity contribution in [1.82, 2.24) is 4.98 Å². The maximum absolute atomic E-state index is 13.4. The molecule has 0 fully saturated rings. The van der Waals surface area contributed by atoms with Crippen LogP contribution in [0.5, 0.6) is 11.6 Å². The molecule has 2 heterocycles. The van der Waals surface area contributed by atoms with Crippen LogP contribution in [0, 0.1) is 5.82 Å². The molecule has 0 unspecified atom stereocenters. The number of amides is 1. The van der Waals surface area contributed by atoms with Crippen molar-refractivity contribution >= 4 is 66.1 Å². The summed E-state index contributed by atoms with van der Waals surface area (Å²) in [5.74, 6) is -0.630. The van der Waals surface area contributed by atoms with Gasteiger partial charge in [-0.05, 0) is 61.2 Å². The molecule has 2 aromatic carbocycles. The Balaban J connectivity index is 1.57. The first-order valence-corrected chi connectivity index (χ1v) is 13.7. The Morgan fingerprint density at radius 3 is 2.51 bits per heavy atom. The van der Waals surface area contributed by atoms with E-state index in [1.165, 1.54) is 41.9 Å². The maximum atomic E-state index is 13.4. The zero-order valence-electron chi connectivity index (χ0n) is 18.7. The number of benzene rings is 2. The van der Waals surface area contributed by atoms with Crippen molar-refractivity contribution in [3.63, 3.8) is 0 Å².